The van der Waals surface area contributed by atoms with Gasteiger partial charge in [0, 0.05) is 22.7 Å². The lowest BCUT2D eigenvalue weighted by Crippen LogP contribution is -1.98. The highest BCUT2D eigenvalue weighted by atomic mass is 35.5. The first-order valence-electron chi connectivity index (χ1n) is 6.56. The molecule has 0 spiro atoms. The maximum absolute atomic E-state index is 9.89. The van der Waals surface area contributed by atoms with E-state index in [2.05, 4.69) is 16.5 Å². The highest BCUT2D eigenvalue weighted by Gasteiger charge is 2.14. The minimum Gasteiger partial charge on any atom is -0.508 e. The van der Waals surface area contributed by atoms with Gasteiger partial charge in [-0.25, -0.2) is 4.98 Å². The summed E-state index contributed by atoms with van der Waals surface area (Å²) in [5.74, 6) is 1.15. The second-order valence-electron chi connectivity index (χ2n) is 4.76. The maximum Gasteiger partial charge on any atom is 0.141 e. The fraction of sp³-hybridized carbons (Fsp3) is 0.188. The van der Waals surface area contributed by atoms with Gasteiger partial charge in [-0.2, -0.15) is 0 Å². The normalized spacial score (nSPS) is 11.2. The Labute approximate surface area is 122 Å². The molecule has 0 aliphatic rings. The monoisotopic (exact) mass is 286 g/mol. The number of aromatic hydroxyl groups is 1. The quantitative estimate of drug-likeness (QED) is 0.759. The Morgan fingerprint density at radius 1 is 1.25 bits per heavy atom. The molecule has 0 bridgehead atoms. The molecule has 4 heteroatoms. The molecule has 0 atom stereocenters. The second-order valence-corrected chi connectivity index (χ2v) is 5.20. The zero-order chi connectivity index (χ0) is 14.3. The van der Waals surface area contributed by atoms with Gasteiger partial charge in [0.1, 0.15) is 11.6 Å². The number of fused-ring (bicyclic) bond motifs is 1. The molecule has 0 fully saturated rings. The van der Waals surface area contributed by atoms with E-state index in [9.17, 15) is 5.11 Å². The number of phenols is 1. The zero-order valence-corrected chi connectivity index (χ0v) is 12.1. The standard InChI is InChI=1S/C16H15ClN2O/c1-3-19-14-8-7-11(17)9-13(14)18-16(19)12-5-4-6-15(20)10(12)2/h4-9,20H,3H2,1-2H3. The first kappa shape index (κ1) is 13.0. The summed E-state index contributed by atoms with van der Waals surface area (Å²) in [6, 6.07) is 11.2. The lowest BCUT2D eigenvalue weighted by atomic mass is 10.1. The predicted molar refractivity (Wildman–Crippen MR) is 82.3 cm³/mol. The van der Waals surface area contributed by atoms with Crippen molar-refractivity contribution in [3.63, 3.8) is 0 Å². The Morgan fingerprint density at radius 3 is 2.80 bits per heavy atom. The average molecular weight is 287 g/mol. The van der Waals surface area contributed by atoms with Gasteiger partial charge in [-0.3, -0.25) is 0 Å². The predicted octanol–water partition coefficient (Wildman–Crippen LogP) is 4.39. The van der Waals surface area contributed by atoms with Crippen molar-refractivity contribution in [2.45, 2.75) is 20.4 Å². The molecule has 2 aromatic carbocycles. The van der Waals surface area contributed by atoms with Gasteiger partial charge in [0.2, 0.25) is 0 Å². The molecule has 3 rings (SSSR count). The van der Waals surface area contributed by atoms with E-state index in [1.165, 1.54) is 0 Å². The van der Waals surface area contributed by atoms with Crippen molar-refractivity contribution in [1.29, 1.82) is 0 Å². The van der Waals surface area contributed by atoms with E-state index in [-0.39, 0.29) is 5.75 Å². The zero-order valence-electron chi connectivity index (χ0n) is 11.4. The van der Waals surface area contributed by atoms with Crippen LogP contribution in [0.15, 0.2) is 36.4 Å². The van der Waals surface area contributed by atoms with Gasteiger partial charge in [-0.15, -0.1) is 0 Å². The second kappa shape index (κ2) is 4.84. The Morgan fingerprint density at radius 2 is 2.05 bits per heavy atom. The van der Waals surface area contributed by atoms with E-state index < -0.39 is 0 Å². The lowest BCUT2D eigenvalue weighted by Gasteiger charge is -2.09. The van der Waals surface area contributed by atoms with Crippen molar-refractivity contribution in [1.82, 2.24) is 9.55 Å². The summed E-state index contributed by atoms with van der Waals surface area (Å²) in [4.78, 5) is 4.68. The molecule has 1 heterocycles. The van der Waals surface area contributed by atoms with Gasteiger partial charge in [-0.1, -0.05) is 23.7 Å². The Bertz CT molecular complexity index is 793. The number of imidazole rings is 1. The minimum atomic E-state index is 0.287. The topological polar surface area (TPSA) is 38.0 Å². The van der Waals surface area contributed by atoms with E-state index in [0.717, 1.165) is 34.5 Å². The van der Waals surface area contributed by atoms with E-state index in [1.807, 2.05) is 37.3 Å². The van der Waals surface area contributed by atoms with Crippen LogP contribution < -0.4 is 0 Å². The van der Waals surface area contributed by atoms with Crippen LogP contribution in [0, 0.1) is 6.92 Å². The van der Waals surface area contributed by atoms with Gasteiger partial charge in [0.05, 0.1) is 11.0 Å². The highest BCUT2D eigenvalue weighted by molar-refractivity contribution is 6.31. The summed E-state index contributed by atoms with van der Waals surface area (Å²) in [5, 5.41) is 10.6. The third-order valence-corrected chi connectivity index (χ3v) is 3.81. The fourth-order valence-electron chi connectivity index (χ4n) is 2.49. The fourth-order valence-corrected chi connectivity index (χ4v) is 2.66. The molecule has 0 saturated carbocycles. The molecule has 1 N–H and O–H groups in total. The van der Waals surface area contributed by atoms with Crippen molar-refractivity contribution in [3.05, 3.63) is 47.0 Å². The Balaban J connectivity index is 2.33. The average Bonchev–Trinajstić information content (AvgIpc) is 2.79. The molecule has 0 aliphatic heterocycles. The van der Waals surface area contributed by atoms with E-state index in [0.29, 0.717) is 5.02 Å². The first-order chi connectivity index (χ1) is 9.61. The number of nitrogens with zero attached hydrogens (tertiary/aromatic N) is 2. The third-order valence-electron chi connectivity index (χ3n) is 3.57. The van der Waals surface area contributed by atoms with Gasteiger partial charge in [-0.05, 0) is 38.1 Å². The van der Waals surface area contributed by atoms with Crippen LogP contribution in [0.2, 0.25) is 5.02 Å². The third kappa shape index (κ3) is 1.95. The summed E-state index contributed by atoms with van der Waals surface area (Å²) in [7, 11) is 0. The van der Waals surface area contributed by atoms with Gasteiger partial charge in [0.25, 0.3) is 0 Å². The summed E-state index contributed by atoms with van der Waals surface area (Å²) >= 11 is 6.04. The number of hydrogen-bond donors (Lipinski definition) is 1. The minimum absolute atomic E-state index is 0.287. The number of rotatable bonds is 2. The highest BCUT2D eigenvalue weighted by Crippen LogP contribution is 2.31. The number of benzene rings is 2. The molecular formula is C16H15ClN2O. The van der Waals surface area contributed by atoms with Crippen LogP contribution in [0.25, 0.3) is 22.4 Å². The van der Waals surface area contributed by atoms with Crippen LogP contribution in [-0.2, 0) is 6.54 Å². The first-order valence-corrected chi connectivity index (χ1v) is 6.94. The number of hydrogen-bond acceptors (Lipinski definition) is 2. The molecule has 3 nitrogen and oxygen atoms in total. The SMILES string of the molecule is CCn1c(-c2cccc(O)c2C)nc2cc(Cl)ccc21. The Hall–Kier alpha value is -2.00. The van der Waals surface area contributed by atoms with Gasteiger partial charge in [0.15, 0.2) is 0 Å². The number of phenolic OH excluding ortho intramolecular Hbond substituents is 1. The molecule has 0 unspecified atom stereocenters. The van der Waals surface area contributed by atoms with E-state index in [4.69, 9.17) is 11.6 Å². The largest absolute Gasteiger partial charge is 0.508 e. The molecule has 0 amide bonds. The van der Waals surface area contributed by atoms with Crippen LogP contribution in [0.5, 0.6) is 5.75 Å². The van der Waals surface area contributed by atoms with E-state index >= 15 is 0 Å². The van der Waals surface area contributed by atoms with Gasteiger partial charge < -0.3 is 9.67 Å². The van der Waals surface area contributed by atoms with Gasteiger partial charge >= 0.3 is 0 Å². The molecule has 3 aromatic rings. The van der Waals surface area contributed by atoms with E-state index in [1.54, 1.807) is 6.07 Å². The molecule has 0 radical (unpaired) electrons. The molecule has 0 aliphatic carbocycles. The van der Waals surface area contributed by atoms with Crippen LogP contribution in [0.4, 0.5) is 0 Å². The van der Waals surface area contributed by atoms with Crippen molar-refractivity contribution in [3.8, 4) is 17.1 Å². The van der Waals surface area contributed by atoms with Crippen molar-refractivity contribution >= 4 is 22.6 Å². The molecular weight excluding hydrogens is 272 g/mol. The Kier molecular flexibility index (Phi) is 3.14. The summed E-state index contributed by atoms with van der Waals surface area (Å²) in [6.45, 7) is 4.79. The molecule has 20 heavy (non-hydrogen) atoms. The maximum atomic E-state index is 9.89. The van der Waals surface area contributed by atoms with Crippen molar-refractivity contribution in [2.24, 2.45) is 0 Å². The van der Waals surface area contributed by atoms with Crippen molar-refractivity contribution < 1.29 is 5.11 Å². The number of halogens is 1. The van der Waals surface area contributed by atoms with Crippen LogP contribution in [-0.4, -0.2) is 14.7 Å². The number of aryl methyl sites for hydroxylation is 1. The van der Waals surface area contributed by atoms with Crippen LogP contribution in [0.1, 0.15) is 12.5 Å². The summed E-state index contributed by atoms with van der Waals surface area (Å²) in [5.41, 5.74) is 3.70. The molecule has 1 aromatic heterocycles. The van der Waals surface area contributed by atoms with Crippen LogP contribution in [0.3, 0.4) is 0 Å². The van der Waals surface area contributed by atoms with Crippen molar-refractivity contribution in [2.75, 3.05) is 0 Å². The van der Waals surface area contributed by atoms with Crippen LogP contribution >= 0.6 is 11.6 Å². The number of aromatic nitrogens is 2. The smallest absolute Gasteiger partial charge is 0.141 e. The lowest BCUT2D eigenvalue weighted by molar-refractivity contribution is 0.471. The molecule has 102 valence electrons. The summed E-state index contributed by atoms with van der Waals surface area (Å²) < 4.78 is 2.13. The molecule has 0 saturated heterocycles. The summed E-state index contributed by atoms with van der Waals surface area (Å²) in [6.07, 6.45) is 0.